The number of carbonyl (C=O) groups excluding carboxylic acids is 1. The summed E-state index contributed by atoms with van der Waals surface area (Å²) >= 11 is 5.12. The molecule has 0 aromatic heterocycles. The van der Waals surface area contributed by atoms with Crippen LogP contribution in [0.25, 0.3) is 0 Å². The minimum atomic E-state index is -0.893. The average Bonchev–Trinajstić information content (AvgIpc) is 2.54. The fraction of sp³-hybridized carbons (Fsp3) is 0.833. The molecule has 0 radical (unpaired) electrons. The van der Waals surface area contributed by atoms with Gasteiger partial charge in [-0.3, -0.25) is 9.00 Å². The van der Waals surface area contributed by atoms with Crippen LogP contribution in [0.1, 0.15) is 38.5 Å². The van der Waals surface area contributed by atoms with Gasteiger partial charge < -0.3 is 11.1 Å². The van der Waals surface area contributed by atoms with E-state index in [2.05, 4.69) is 5.32 Å². The Morgan fingerprint density at radius 3 is 2.33 bits per heavy atom. The van der Waals surface area contributed by atoms with Gasteiger partial charge in [0.15, 0.2) is 0 Å². The van der Waals surface area contributed by atoms with Gasteiger partial charge in [-0.15, -0.1) is 0 Å². The third-order valence-electron chi connectivity index (χ3n) is 3.54. The van der Waals surface area contributed by atoms with Crippen LogP contribution in [0.5, 0.6) is 0 Å². The van der Waals surface area contributed by atoms with E-state index < -0.39 is 16.2 Å². The van der Waals surface area contributed by atoms with Crippen LogP contribution >= 0.6 is 12.2 Å². The minimum absolute atomic E-state index is 0.0812. The first-order valence-electron chi connectivity index (χ1n) is 6.37. The van der Waals surface area contributed by atoms with Crippen molar-refractivity contribution in [3.05, 3.63) is 0 Å². The third-order valence-corrected chi connectivity index (χ3v) is 4.71. The fourth-order valence-electron chi connectivity index (χ4n) is 2.39. The zero-order valence-electron chi connectivity index (χ0n) is 10.9. The SMILES string of the molecule is CS(=O)CCNC(=O)C1(C(N)=S)CCCCCC1. The molecule has 0 spiro atoms. The molecule has 1 aliphatic rings. The van der Waals surface area contributed by atoms with Gasteiger partial charge in [0.2, 0.25) is 5.91 Å². The Morgan fingerprint density at radius 2 is 1.89 bits per heavy atom. The van der Waals surface area contributed by atoms with Crippen LogP contribution in [-0.2, 0) is 15.6 Å². The summed E-state index contributed by atoms with van der Waals surface area (Å²) in [4.78, 5) is 12.6. The monoisotopic (exact) mass is 290 g/mol. The van der Waals surface area contributed by atoms with Crippen LogP contribution < -0.4 is 11.1 Å². The van der Waals surface area contributed by atoms with Crippen molar-refractivity contribution in [2.45, 2.75) is 38.5 Å². The van der Waals surface area contributed by atoms with E-state index >= 15 is 0 Å². The molecule has 1 amide bonds. The lowest BCUT2D eigenvalue weighted by molar-refractivity contribution is -0.127. The van der Waals surface area contributed by atoms with E-state index in [-0.39, 0.29) is 5.91 Å². The highest BCUT2D eigenvalue weighted by atomic mass is 32.2. The van der Waals surface area contributed by atoms with E-state index in [4.69, 9.17) is 18.0 Å². The summed E-state index contributed by atoms with van der Waals surface area (Å²) in [7, 11) is -0.893. The first-order valence-corrected chi connectivity index (χ1v) is 8.51. The van der Waals surface area contributed by atoms with Crippen LogP contribution in [0, 0.1) is 5.41 Å². The van der Waals surface area contributed by atoms with E-state index in [0.29, 0.717) is 17.3 Å². The zero-order chi connectivity index (χ0) is 13.6. The summed E-state index contributed by atoms with van der Waals surface area (Å²) in [6.45, 7) is 0.423. The largest absolute Gasteiger partial charge is 0.392 e. The molecule has 3 N–H and O–H groups in total. The Morgan fingerprint density at radius 1 is 1.33 bits per heavy atom. The van der Waals surface area contributed by atoms with Crippen molar-refractivity contribution in [1.82, 2.24) is 5.32 Å². The second-order valence-corrected chi connectivity index (χ2v) is 6.89. The van der Waals surface area contributed by atoms with Crippen LogP contribution in [-0.4, -0.2) is 33.7 Å². The highest BCUT2D eigenvalue weighted by Crippen LogP contribution is 2.35. The molecule has 1 fully saturated rings. The number of carbonyl (C=O) groups is 1. The summed E-state index contributed by atoms with van der Waals surface area (Å²) in [6, 6.07) is 0. The molecule has 0 saturated heterocycles. The second kappa shape index (κ2) is 7.19. The molecule has 18 heavy (non-hydrogen) atoms. The standard InChI is InChI=1S/C12H22N2O2S2/c1-18(16)9-8-14-11(15)12(10(13)17)6-4-2-3-5-7-12/h2-9H2,1H3,(H2,13,17)(H,14,15). The van der Waals surface area contributed by atoms with Crippen molar-refractivity contribution in [2.24, 2.45) is 11.1 Å². The van der Waals surface area contributed by atoms with Gasteiger partial charge >= 0.3 is 0 Å². The summed E-state index contributed by atoms with van der Waals surface area (Å²) in [6.07, 6.45) is 7.36. The number of nitrogens with one attached hydrogen (secondary N) is 1. The van der Waals surface area contributed by atoms with Gasteiger partial charge in [-0.25, -0.2) is 0 Å². The van der Waals surface area contributed by atoms with Crippen molar-refractivity contribution in [2.75, 3.05) is 18.6 Å². The first kappa shape index (κ1) is 15.6. The van der Waals surface area contributed by atoms with E-state index in [1.807, 2.05) is 0 Å². The number of amides is 1. The Kier molecular flexibility index (Phi) is 6.21. The van der Waals surface area contributed by atoms with Gasteiger partial charge in [-0.2, -0.15) is 0 Å². The molecule has 4 nitrogen and oxygen atoms in total. The number of hydrogen-bond acceptors (Lipinski definition) is 3. The minimum Gasteiger partial charge on any atom is -0.392 e. The first-order chi connectivity index (χ1) is 8.49. The molecule has 0 bridgehead atoms. The third kappa shape index (κ3) is 4.02. The fourth-order valence-corrected chi connectivity index (χ4v) is 3.08. The van der Waals surface area contributed by atoms with Gasteiger partial charge in [-0.1, -0.05) is 37.9 Å². The number of thiocarbonyl (C=S) groups is 1. The summed E-state index contributed by atoms with van der Waals surface area (Å²) in [5, 5.41) is 2.83. The molecule has 1 rings (SSSR count). The van der Waals surface area contributed by atoms with Crippen molar-refractivity contribution >= 4 is 33.9 Å². The van der Waals surface area contributed by atoms with Crippen molar-refractivity contribution in [3.8, 4) is 0 Å². The molecule has 1 unspecified atom stereocenters. The molecule has 1 atom stereocenters. The van der Waals surface area contributed by atoms with E-state index in [0.717, 1.165) is 38.5 Å². The van der Waals surface area contributed by atoms with Crippen LogP contribution in [0.15, 0.2) is 0 Å². The quantitative estimate of drug-likeness (QED) is 0.588. The molecular formula is C12H22N2O2S2. The number of rotatable bonds is 5. The lowest BCUT2D eigenvalue weighted by atomic mass is 9.79. The Balaban J connectivity index is 2.67. The van der Waals surface area contributed by atoms with Gasteiger partial charge in [0, 0.05) is 29.4 Å². The van der Waals surface area contributed by atoms with Crippen molar-refractivity contribution in [3.63, 3.8) is 0 Å². The molecule has 104 valence electrons. The summed E-state index contributed by atoms with van der Waals surface area (Å²) in [5.41, 5.74) is 5.14. The molecule has 0 aromatic rings. The smallest absolute Gasteiger partial charge is 0.233 e. The normalized spacial score (nSPS) is 20.7. The molecule has 1 saturated carbocycles. The van der Waals surface area contributed by atoms with E-state index in [1.165, 1.54) is 0 Å². The van der Waals surface area contributed by atoms with Crippen LogP contribution in [0.4, 0.5) is 0 Å². The molecular weight excluding hydrogens is 268 g/mol. The predicted molar refractivity (Wildman–Crippen MR) is 78.9 cm³/mol. The predicted octanol–water partition coefficient (Wildman–Crippen LogP) is 1.11. The maximum Gasteiger partial charge on any atom is 0.233 e. The van der Waals surface area contributed by atoms with Crippen molar-refractivity contribution < 1.29 is 9.00 Å². The van der Waals surface area contributed by atoms with Gasteiger partial charge in [-0.05, 0) is 12.8 Å². The topological polar surface area (TPSA) is 72.2 Å². The summed E-state index contributed by atoms with van der Waals surface area (Å²) in [5.74, 6) is 0.390. The maximum absolute atomic E-state index is 12.3. The van der Waals surface area contributed by atoms with Crippen LogP contribution in [0.2, 0.25) is 0 Å². The molecule has 1 aliphatic carbocycles. The van der Waals surface area contributed by atoms with Crippen molar-refractivity contribution in [1.29, 1.82) is 0 Å². The van der Waals surface area contributed by atoms with Gasteiger partial charge in [0.1, 0.15) is 0 Å². The van der Waals surface area contributed by atoms with Gasteiger partial charge in [0.05, 0.1) is 10.4 Å². The number of nitrogens with two attached hydrogens (primary N) is 1. The highest BCUT2D eigenvalue weighted by molar-refractivity contribution is 7.84. The maximum atomic E-state index is 12.3. The zero-order valence-corrected chi connectivity index (χ0v) is 12.5. The second-order valence-electron chi connectivity index (χ2n) is 4.89. The average molecular weight is 290 g/mol. The Hall–Kier alpha value is -0.490. The summed E-state index contributed by atoms with van der Waals surface area (Å²) < 4.78 is 11.0. The molecule has 0 aromatic carbocycles. The number of hydrogen-bond donors (Lipinski definition) is 2. The van der Waals surface area contributed by atoms with E-state index in [9.17, 15) is 9.00 Å². The van der Waals surface area contributed by atoms with Gasteiger partial charge in [0.25, 0.3) is 0 Å². The Bertz CT molecular complexity index is 337. The molecule has 0 heterocycles. The van der Waals surface area contributed by atoms with Crippen LogP contribution in [0.3, 0.4) is 0 Å². The Labute approximate surface area is 117 Å². The molecule has 6 heteroatoms. The molecule has 0 aliphatic heterocycles. The lowest BCUT2D eigenvalue weighted by Gasteiger charge is -2.30. The lowest BCUT2D eigenvalue weighted by Crippen LogP contribution is -2.49. The van der Waals surface area contributed by atoms with E-state index in [1.54, 1.807) is 6.26 Å². The highest BCUT2D eigenvalue weighted by Gasteiger charge is 2.41.